The molecule has 142 valence electrons. The van der Waals surface area contributed by atoms with E-state index < -0.39 is 5.97 Å². The van der Waals surface area contributed by atoms with E-state index in [1.165, 1.54) is 0 Å². The van der Waals surface area contributed by atoms with Crippen molar-refractivity contribution >= 4 is 38.6 Å². The van der Waals surface area contributed by atoms with Crippen LogP contribution in [-0.4, -0.2) is 21.0 Å². The minimum atomic E-state index is -0.484. The zero-order valence-electron chi connectivity index (χ0n) is 15.2. The largest absolute Gasteiger partial charge is 0.464 e. The lowest BCUT2D eigenvalue weighted by Crippen LogP contribution is -2.26. The molecule has 5 rings (SSSR count). The van der Waals surface area contributed by atoms with Gasteiger partial charge in [-0.25, -0.2) is 0 Å². The summed E-state index contributed by atoms with van der Waals surface area (Å²) in [5.41, 5.74) is 1.59. The van der Waals surface area contributed by atoms with Gasteiger partial charge in [0.1, 0.15) is 11.1 Å². The number of aromatic nitrogens is 3. The van der Waals surface area contributed by atoms with Crippen LogP contribution >= 0.6 is 0 Å². The Hall–Kier alpha value is -4.00. The summed E-state index contributed by atoms with van der Waals surface area (Å²) in [4.78, 5) is 24.8. The summed E-state index contributed by atoms with van der Waals surface area (Å²) < 4.78 is 11.9. The summed E-state index contributed by atoms with van der Waals surface area (Å²) in [5, 5.41) is 11.2. The molecule has 0 amide bonds. The maximum atomic E-state index is 12.4. The van der Waals surface area contributed by atoms with Crippen molar-refractivity contribution in [1.29, 1.82) is 0 Å². The summed E-state index contributed by atoms with van der Waals surface area (Å²) in [7, 11) is 0. The number of furan rings is 1. The van der Waals surface area contributed by atoms with Crippen LogP contribution in [0, 0.1) is 0 Å². The average molecular weight is 385 g/mol. The summed E-state index contributed by atoms with van der Waals surface area (Å²) in [5.74, 6) is -0.484. The van der Waals surface area contributed by atoms with Gasteiger partial charge in [0.25, 0.3) is 5.56 Å². The molecule has 0 bridgehead atoms. The van der Waals surface area contributed by atoms with Gasteiger partial charge in [-0.3, -0.25) is 9.59 Å². The van der Waals surface area contributed by atoms with Crippen LogP contribution in [0.5, 0.6) is 0 Å². The second-order valence-corrected chi connectivity index (χ2v) is 6.65. The first-order chi connectivity index (χ1) is 14.2. The van der Waals surface area contributed by atoms with Crippen LogP contribution in [0.1, 0.15) is 5.56 Å². The lowest BCUT2D eigenvalue weighted by atomic mass is 10.0. The van der Waals surface area contributed by atoms with Crippen LogP contribution in [0.3, 0.4) is 0 Å². The summed E-state index contributed by atoms with van der Waals surface area (Å²) in [6.45, 7) is -0.300. The van der Waals surface area contributed by atoms with E-state index in [4.69, 9.17) is 9.15 Å². The number of nitrogens with zero attached hydrogens (tertiary/aromatic N) is 3. The monoisotopic (exact) mass is 385 g/mol. The molecule has 0 aliphatic carbocycles. The van der Waals surface area contributed by atoms with Crippen LogP contribution in [0.25, 0.3) is 32.6 Å². The van der Waals surface area contributed by atoms with Gasteiger partial charge in [-0.2, -0.15) is 4.68 Å². The Morgan fingerprint density at radius 1 is 1.00 bits per heavy atom. The molecule has 0 aliphatic rings. The van der Waals surface area contributed by atoms with E-state index in [1.807, 2.05) is 36.4 Å². The molecule has 0 aliphatic heterocycles. The Morgan fingerprint density at radius 3 is 2.69 bits per heavy atom. The highest BCUT2D eigenvalue weighted by Crippen LogP contribution is 2.30. The van der Waals surface area contributed by atoms with Crippen molar-refractivity contribution < 1.29 is 13.9 Å². The molecule has 2 aromatic heterocycles. The second kappa shape index (κ2) is 6.87. The minimum absolute atomic E-state index is 0.0246. The standard InChI is InChI=1S/C22H15N3O4/c26-20(29-13-25-22(27)17-7-3-4-8-18(17)23-24-25)11-15-12-28-19-10-9-14-5-1-2-6-16(14)21(15)19/h1-10,12H,11,13H2. The van der Waals surface area contributed by atoms with Crippen molar-refractivity contribution in [3.8, 4) is 0 Å². The van der Waals surface area contributed by atoms with Crippen molar-refractivity contribution in [3.05, 3.63) is 82.8 Å². The molecule has 0 radical (unpaired) electrons. The topological polar surface area (TPSA) is 87.2 Å². The minimum Gasteiger partial charge on any atom is -0.464 e. The van der Waals surface area contributed by atoms with Crippen molar-refractivity contribution in [2.24, 2.45) is 0 Å². The van der Waals surface area contributed by atoms with Gasteiger partial charge in [0, 0.05) is 10.9 Å². The fraction of sp³-hybridized carbons (Fsp3) is 0.0909. The van der Waals surface area contributed by atoms with Gasteiger partial charge in [0.2, 0.25) is 0 Å². The van der Waals surface area contributed by atoms with Crippen molar-refractivity contribution in [1.82, 2.24) is 15.0 Å². The maximum Gasteiger partial charge on any atom is 0.312 e. The zero-order valence-corrected chi connectivity index (χ0v) is 15.2. The highest BCUT2D eigenvalue weighted by atomic mass is 16.5. The quantitative estimate of drug-likeness (QED) is 0.441. The Labute approximate surface area is 164 Å². The van der Waals surface area contributed by atoms with Crippen molar-refractivity contribution in [2.75, 3.05) is 0 Å². The Kier molecular flexibility index (Phi) is 4.05. The van der Waals surface area contributed by atoms with Gasteiger partial charge in [-0.05, 0) is 29.0 Å². The van der Waals surface area contributed by atoms with E-state index in [0.717, 1.165) is 26.4 Å². The first-order valence-electron chi connectivity index (χ1n) is 9.07. The highest BCUT2D eigenvalue weighted by Gasteiger charge is 2.15. The van der Waals surface area contributed by atoms with E-state index in [-0.39, 0.29) is 18.7 Å². The molecule has 0 saturated carbocycles. The van der Waals surface area contributed by atoms with Crippen LogP contribution in [-0.2, 0) is 22.7 Å². The molecule has 0 unspecified atom stereocenters. The number of benzene rings is 3. The highest BCUT2D eigenvalue weighted by molar-refractivity contribution is 6.08. The third-order valence-corrected chi connectivity index (χ3v) is 4.85. The fourth-order valence-corrected chi connectivity index (χ4v) is 3.45. The molecule has 0 fully saturated rings. The number of rotatable bonds is 4. The molecule has 2 heterocycles. The SMILES string of the molecule is O=C(Cc1coc2ccc3ccccc3c12)OCn1nnc2ccccc2c1=O. The van der Waals surface area contributed by atoms with Crippen molar-refractivity contribution in [2.45, 2.75) is 13.2 Å². The van der Waals surface area contributed by atoms with E-state index >= 15 is 0 Å². The Balaban J connectivity index is 1.38. The first-order valence-corrected chi connectivity index (χ1v) is 9.07. The van der Waals surface area contributed by atoms with Gasteiger partial charge >= 0.3 is 5.97 Å². The van der Waals surface area contributed by atoms with E-state index in [0.29, 0.717) is 16.5 Å². The average Bonchev–Trinajstić information content (AvgIpc) is 3.17. The lowest BCUT2D eigenvalue weighted by molar-refractivity contribution is -0.147. The van der Waals surface area contributed by atoms with Crippen LogP contribution in [0.15, 0.2) is 76.1 Å². The summed E-state index contributed by atoms with van der Waals surface area (Å²) >= 11 is 0. The van der Waals surface area contributed by atoms with E-state index in [2.05, 4.69) is 10.3 Å². The molecule has 0 N–H and O–H groups in total. The number of ether oxygens (including phenoxy) is 1. The predicted octanol–water partition coefficient (Wildman–Crippen LogP) is 3.43. The normalized spacial score (nSPS) is 11.3. The molecule has 0 atom stereocenters. The summed E-state index contributed by atoms with van der Waals surface area (Å²) in [6, 6.07) is 18.7. The number of carbonyl (C=O) groups is 1. The van der Waals surface area contributed by atoms with Gasteiger partial charge in [-0.15, -0.1) is 5.10 Å². The zero-order chi connectivity index (χ0) is 19.8. The molecule has 7 nitrogen and oxygen atoms in total. The Bertz CT molecular complexity index is 1430. The van der Waals surface area contributed by atoms with Gasteiger partial charge < -0.3 is 9.15 Å². The van der Waals surface area contributed by atoms with E-state index in [1.54, 1.807) is 30.5 Å². The number of carbonyl (C=O) groups excluding carboxylic acids is 1. The Morgan fingerprint density at radius 2 is 1.79 bits per heavy atom. The third kappa shape index (κ3) is 3.02. The molecule has 5 aromatic rings. The van der Waals surface area contributed by atoms with Crippen molar-refractivity contribution in [3.63, 3.8) is 0 Å². The number of hydrogen-bond acceptors (Lipinski definition) is 6. The molecule has 7 heteroatoms. The molecular weight excluding hydrogens is 370 g/mol. The predicted molar refractivity (Wildman–Crippen MR) is 107 cm³/mol. The second-order valence-electron chi connectivity index (χ2n) is 6.65. The summed E-state index contributed by atoms with van der Waals surface area (Å²) in [6.07, 6.45) is 1.59. The van der Waals surface area contributed by atoms with Crippen LogP contribution < -0.4 is 5.56 Å². The van der Waals surface area contributed by atoms with E-state index in [9.17, 15) is 9.59 Å². The van der Waals surface area contributed by atoms with Gasteiger partial charge in [0.15, 0.2) is 6.73 Å². The number of esters is 1. The first kappa shape index (κ1) is 17.1. The fourth-order valence-electron chi connectivity index (χ4n) is 3.45. The molecule has 0 saturated heterocycles. The molecule has 3 aromatic carbocycles. The smallest absolute Gasteiger partial charge is 0.312 e. The number of fused-ring (bicyclic) bond motifs is 4. The van der Waals surface area contributed by atoms with Crippen LogP contribution in [0.4, 0.5) is 0 Å². The van der Waals surface area contributed by atoms with Gasteiger partial charge in [0.05, 0.1) is 18.1 Å². The van der Waals surface area contributed by atoms with Crippen LogP contribution in [0.2, 0.25) is 0 Å². The number of hydrogen-bond donors (Lipinski definition) is 0. The van der Waals surface area contributed by atoms with Gasteiger partial charge in [-0.1, -0.05) is 47.7 Å². The maximum absolute atomic E-state index is 12.4. The third-order valence-electron chi connectivity index (χ3n) is 4.85. The molecule has 29 heavy (non-hydrogen) atoms. The lowest BCUT2D eigenvalue weighted by Gasteiger charge is -2.06. The molecular formula is C22H15N3O4. The molecule has 0 spiro atoms.